The number of hydrogen-bond acceptors (Lipinski definition) is 6. The van der Waals surface area contributed by atoms with Gasteiger partial charge in [-0.1, -0.05) is 11.6 Å². The van der Waals surface area contributed by atoms with E-state index in [4.69, 9.17) is 16.3 Å². The third-order valence-corrected chi connectivity index (χ3v) is 6.98. The van der Waals surface area contributed by atoms with Gasteiger partial charge in [-0.15, -0.1) is 0 Å². The van der Waals surface area contributed by atoms with Crippen molar-refractivity contribution in [3.63, 3.8) is 0 Å². The maximum Gasteiger partial charge on any atom is 0.234 e. The van der Waals surface area contributed by atoms with Crippen LogP contribution in [-0.2, 0) is 4.79 Å². The van der Waals surface area contributed by atoms with Gasteiger partial charge in [0.05, 0.1) is 24.2 Å². The molecule has 0 spiro atoms. The van der Waals surface area contributed by atoms with E-state index in [1.165, 1.54) is 6.42 Å². The minimum Gasteiger partial charge on any atom is -0.494 e. The Morgan fingerprint density at radius 2 is 1.78 bits per heavy atom. The van der Waals surface area contributed by atoms with E-state index in [-0.39, 0.29) is 5.91 Å². The first-order valence-corrected chi connectivity index (χ1v) is 13.6. The molecule has 1 aliphatic heterocycles. The zero-order valence-corrected chi connectivity index (χ0v) is 22.8. The van der Waals surface area contributed by atoms with Crippen molar-refractivity contribution in [1.82, 2.24) is 29.6 Å². The minimum atomic E-state index is 0.129. The Kier molecular flexibility index (Phi) is 10.2. The highest BCUT2D eigenvalue weighted by molar-refractivity contribution is 6.30. The quantitative estimate of drug-likeness (QED) is 0.344. The van der Waals surface area contributed by atoms with E-state index in [2.05, 4.69) is 35.6 Å². The molecule has 3 aromatic rings. The van der Waals surface area contributed by atoms with Crippen LogP contribution in [0.5, 0.6) is 5.75 Å². The van der Waals surface area contributed by atoms with E-state index in [1.807, 2.05) is 56.8 Å². The normalized spacial score (nSPS) is 14.9. The fourth-order valence-electron chi connectivity index (χ4n) is 4.54. The van der Waals surface area contributed by atoms with Gasteiger partial charge < -0.3 is 19.9 Å². The van der Waals surface area contributed by atoms with E-state index in [1.54, 1.807) is 0 Å². The van der Waals surface area contributed by atoms with Crippen LogP contribution in [0.1, 0.15) is 19.3 Å². The Morgan fingerprint density at radius 1 is 1.03 bits per heavy atom. The first-order chi connectivity index (χ1) is 18.0. The van der Waals surface area contributed by atoms with Gasteiger partial charge in [-0.3, -0.25) is 14.3 Å². The summed E-state index contributed by atoms with van der Waals surface area (Å²) in [7, 11) is 4.03. The van der Waals surface area contributed by atoms with Crippen molar-refractivity contribution in [2.45, 2.75) is 19.3 Å². The molecule has 200 valence electrons. The molecule has 1 aliphatic rings. The van der Waals surface area contributed by atoms with Gasteiger partial charge in [0.25, 0.3) is 0 Å². The summed E-state index contributed by atoms with van der Waals surface area (Å²) in [6.45, 7) is 7.88. The Labute approximate surface area is 225 Å². The number of nitrogens with zero attached hydrogens (tertiary/aromatic N) is 5. The maximum atomic E-state index is 12.1. The topological polar surface area (TPSA) is 65.9 Å². The summed E-state index contributed by atoms with van der Waals surface area (Å²) in [5.41, 5.74) is 2.99. The van der Waals surface area contributed by atoms with Crippen LogP contribution in [0.25, 0.3) is 16.7 Å². The summed E-state index contributed by atoms with van der Waals surface area (Å²) in [4.78, 5) is 23.5. The molecule has 0 unspecified atom stereocenters. The molecule has 37 heavy (non-hydrogen) atoms. The van der Waals surface area contributed by atoms with Gasteiger partial charge in [-0.2, -0.15) is 0 Å². The lowest BCUT2D eigenvalue weighted by molar-refractivity contribution is -0.122. The third-order valence-electron chi connectivity index (χ3n) is 6.72. The van der Waals surface area contributed by atoms with E-state index >= 15 is 0 Å². The van der Waals surface area contributed by atoms with Crippen molar-refractivity contribution < 1.29 is 9.53 Å². The number of imidazole rings is 1. The van der Waals surface area contributed by atoms with Gasteiger partial charge in [0, 0.05) is 56.0 Å². The van der Waals surface area contributed by atoms with Gasteiger partial charge in [-0.05, 0) is 76.3 Å². The minimum absolute atomic E-state index is 0.129. The summed E-state index contributed by atoms with van der Waals surface area (Å²) in [6.07, 6.45) is 5.17. The van der Waals surface area contributed by atoms with Crippen molar-refractivity contribution in [1.29, 1.82) is 0 Å². The summed E-state index contributed by atoms with van der Waals surface area (Å²) >= 11 is 6.01. The lowest BCUT2D eigenvalue weighted by Gasteiger charge is -2.34. The summed E-state index contributed by atoms with van der Waals surface area (Å²) in [6, 6.07) is 13.8. The van der Waals surface area contributed by atoms with Crippen LogP contribution in [0.3, 0.4) is 0 Å². The van der Waals surface area contributed by atoms with Crippen molar-refractivity contribution in [3.8, 4) is 11.4 Å². The average Bonchev–Trinajstić information content (AvgIpc) is 3.30. The molecule has 1 fully saturated rings. The number of aromatic nitrogens is 2. The first kappa shape index (κ1) is 27.4. The SMILES string of the molecule is CN(C)CCNC(=O)CN1CCN(CCCCCOc2ccc3c(c2)ncn3-c2ccc(Cl)cc2)CC1. The second-order valence-electron chi connectivity index (χ2n) is 9.92. The highest BCUT2D eigenvalue weighted by Crippen LogP contribution is 2.24. The predicted molar refractivity (Wildman–Crippen MR) is 150 cm³/mol. The molecule has 2 aromatic carbocycles. The number of ether oxygens (including phenoxy) is 1. The van der Waals surface area contributed by atoms with Crippen LogP contribution in [-0.4, -0.2) is 103 Å². The van der Waals surface area contributed by atoms with Crippen molar-refractivity contribution in [3.05, 3.63) is 53.8 Å². The molecule has 2 heterocycles. The Bertz CT molecular complexity index is 1130. The number of carbonyl (C=O) groups excluding carboxylic acids is 1. The predicted octanol–water partition coefficient (Wildman–Crippen LogP) is 3.52. The Hall–Kier alpha value is -2.65. The van der Waals surface area contributed by atoms with Crippen LogP contribution in [0.15, 0.2) is 48.8 Å². The van der Waals surface area contributed by atoms with Crippen molar-refractivity contribution >= 4 is 28.5 Å². The number of amides is 1. The number of piperazine rings is 1. The van der Waals surface area contributed by atoms with E-state index < -0.39 is 0 Å². The van der Waals surface area contributed by atoms with Crippen LogP contribution in [0, 0.1) is 0 Å². The highest BCUT2D eigenvalue weighted by Gasteiger charge is 2.18. The van der Waals surface area contributed by atoms with Crippen LogP contribution < -0.4 is 10.1 Å². The number of hydrogen-bond donors (Lipinski definition) is 1. The van der Waals surface area contributed by atoms with Gasteiger partial charge >= 0.3 is 0 Å². The molecule has 0 saturated carbocycles. The molecule has 1 aromatic heterocycles. The van der Waals surface area contributed by atoms with Crippen molar-refractivity contribution in [2.24, 2.45) is 0 Å². The standard InChI is InChI=1S/C28H39ClN6O2/c1-32(2)14-12-30-28(36)21-34-17-15-33(16-18-34)13-4-3-5-19-37-25-10-11-27-26(20-25)31-22-35(27)24-8-6-23(29)7-9-24/h6-11,20,22H,3-5,12-19,21H2,1-2H3,(H,30,36). The molecule has 1 N–H and O–H groups in total. The van der Waals surface area contributed by atoms with Gasteiger partial charge in [-0.25, -0.2) is 4.98 Å². The number of unbranched alkanes of at least 4 members (excludes halogenated alkanes) is 2. The first-order valence-electron chi connectivity index (χ1n) is 13.2. The molecule has 8 nitrogen and oxygen atoms in total. The molecule has 4 rings (SSSR count). The number of likely N-dealkylation sites (N-methyl/N-ethyl adjacent to an activating group) is 1. The molecular formula is C28H39ClN6O2. The summed E-state index contributed by atoms with van der Waals surface area (Å²) in [5, 5.41) is 3.72. The number of benzene rings is 2. The van der Waals surface area contributed by atoms with E-state index in [0.29, 0.717) is 19.7 Å². The monoisotopic (exact) mass is 526 g/mol. The summed E-state index contributed by atoms with van der Waals surface area (Å²) < 4.78 is 8.05. The van der Waals surface area contributed by atoms with Crippen LogP contribution in [0.2, 0.25) is 5.02 Å². The zero-order chi connectivity index (χ0) is 26.0. The van der Waals surface area contributed by atoms with E-state index in [0.717, 1.165) is 79.6 Å². The number of nitrogens with one attached hydrogen (secondary N) is 1. The van der Waals surface area contributed by atoms with Crippen LogP contribution >= 0.6 is 11.6 Å². The second kappa shape index (κ2) is 13.8. The Morgan fingerprint density at radius 3 is 2.54 bits per heavy atom. The molecular weight excluding hydrogens is 488 g/mol. The molecule has 0 aliphatic carbocycles. The molecule has 0 atom stereocenters. The molecule has 1 saturated heterocycles. The lowest BCUT2D eigenvalue weighted by atomic mass is 10.2. The lowest BCUT2D eigenvalue weighted by Crippen LogP contribution is -2.49. The fraction of sp³-hybridized carbons (Fsp3) is 0.500. The van der Waals surface area contributed by atoms with Gasteiger partial charge in [0.1, 0.15) is 12.1 Å². The second-order valence-corrected chi connectivity index (χ2v) is 10.4. The largest absolute Gasteiger partial charge is 0.494 e. The highest BCUT2D eigenvalue weighted by atomic mass is 35.5. The Balaban J connectivity index is 1.09. The molecule has 1 amide bonds. The smallest absolute Gasteiger partial charge is 0.234 e. The molecule has 0 radical (unpaired) electrons. The van der Waals surface area contributed by atoms with Crippen LogP contribution in [0.4, 0.5) is 0 Å². The maximum absolute atomic E-state index is 12.1. The summed E-state index contributed by atoms with van der Waals surface area (Å²) in [5.74, 6) is 0.986. The fourth-order valence-corrected chi connectivity index (χ4v) is 4.67. The number of halogens is 1. The van der Waals surface area contributed by atoms with E-state index in [9.17, 15) is 4.79 Å². The molecule has 0 bridgehead atoms. The number of carbonyl (C=O) groups is 1. The number of fused-ring (bicyclic) bond motifs is 1. The number of rotatable bonds is 13. The van der Waals surface area contributed by atoms with Gasteiger partial charge in [0.2, 0.25) is 5.91 Å². The average molecular weight is 527 g/mol. The zero-order valence-electron chi connectivity index (χ0n) is 22.0. The third kappa shape index (κ3) is 8.43. The molecule has 9 heteroatoms. The van der Waals surface area contributed by atoms with Gasteiger partial charge in [0.15, 0.2) is 0 Å². The van der Waals surface area contributed by atoms with Crippen molar-refractivity contribution in [2.75, 3.05) is 73.1 Å².